The van der Waals surface area contributed by atoms with Crippen LogP contribution in [0.5, 0.6) is 5.75 Å². The van der Waals surface area contributed by atoms with Gasteiger partial charge in [0.2, 0.25) is 15.8 Å². The summed E-state index contributed by atoms with van der Waals surface area (Å²) in [5, 5.41) is 5.62. The molecule has 0 saturated heterocycles. The first kappa shape index (κ1) is 20.8. The molecule has 0 amide bonds. The highest BCUT2D eigenvalue weighted by atomic mass is 32.2. The van der Waals surface area contributed by atoms with Gasteiger partial charge in [-0.05, 0) is 36.8 Å². The summed E-state index contributed by atoms with van der Waals surface area (Å²) < 4.78 is 43.7. The minimum Gasteiger partial charge on any atom is -0.496 e. The van der Waals surface area contributed by atoms with Gasteiger partial charge >= 0.3 is 0 Å². The summed E-state index contributed by atoms with van der Waals surface area (Å²) in [6.07, 6.45) is 0. The smallest absolute Gasteiger partial charge is 0.224 e. The van der Waals surface area contributed by atoms with Crippen LogP contribution in [0.3, 0.4) is 0 Å². The number of ketones is 1. The monoisotopic (exact) mass is 416 g/mol. The Morgan fingerprint density at radius 3 is 2.34 bits per heavy atom. The second kappa shape index (κ2) is 7.46. The molecule has 3 aromatic rings. The molecular formula is C21H21FN2O4S. The van der Waals surface area contributed by atoms with Gasteiger partial charge in [-0.2, -0.15) is 0 Å². The standard InChI is InChI=1S/C21H21FN2O4S/c1-21(29(23,26)27,14-7-5-4-6-8-14)19-12-11-17(24(19)2)20(25)16-10-9-15(22)13-18(16)28-3/h4-13H,1-3H3,(H2,23,26,27). The van der Waals surface area contributed by atoms with Crippen LogP contribution in [0.4, 0.5) is 4.39 Å². The number of aromatic nitrogens is 1. The van der Waals surface area contributed by atoms with Crippen LogP contribution >= 0.6 is 0 Å². The van der Waals surface area contributed by atoms with Gasteiger partial charge in [-0.25, -0.2) is 17.9 Å². The van der Waals surface area contributed by atoms with Crippen molar-refractivity contribution in [2.45, 2.75) is 11.7 Å². The molecule has 1 aromatic heterocycles. The first-order valence-corrected chi connectivity index (χ1v) is 10.3. The van der Waals surface area contributed by atoms with Crippen molar-refractivity contribution < 1.29 is 22.3 Å². The van der Waals surface area contributed by atoms with Gasteiger partial charge in [0, 0.05) is 18.8 Å². The highest BCUT2D eigenvalue weighted by molar-refractivity contribution is 7.90. The first-order valence-electron chi connectivity index (χ1n) is 8.73. The molecule has 0 aliphatic carbocycles. The zero-order valence-corrected chi connectivity index (χ0v) is 17.0. The number of benzene rings is 2. The van der Waals surface area contributed by atoms with Crippen molar-refractivity contribution in [3.8, 4) is 5.75 Å². The van der Waals surface area contributed by atoms with Gasteiger partial charge in [0.15, 0.2) is 0 Å². The molecule has 0 saturated carbocycles. The van der Waals surface area contributed by atoms with Gasteiger partial charge in [0.1, 0.15) is 16.3 Å². The molecule has 8 heteroatoms. The fraction of sp³-hybridized carbons (Fsp3) is 0.190. The van der Waals surface area contributed by atoms with Gasteiger partial charge in [-0.1, -0.05) is 30.3 Å². The Labute approximate surface area is 168 Å². The molecule has 2 aromatic carbocycles. The summed E-state index contributed by atoms with van der Waals surface area (Å²) in [7, 11) is -1.16. The third kappa shape index (κ3) is 3.45. The van der Waals surface area contributed by atoms with Gasteiger partial charge in [-0.3, -0.25) is 4.79 Å². The van der Waals surface area contributed by atoms with E-state index in [0.29, 0.717) is 11.3 Å². The van der Waals surface area contributed by atoms with E-state index < -0.39 is 26.4 Å². The first-order chi connectivity index (χ1) is 13.6. The van der Waals surface area contributed by atoms with Crippen molar-refractivity contribution in [1.29, 1.82) is 0 Å². The number of carbonyl (C=O) groups excluding carboxylic acids is 1. The third-order valence-electron chi connectivity index (χ3n) is 5.15. The minimum absolute atomic E-state index is 0.0926. The van der Waals surface area contributed by atoms with Crippen LogP contribution in [-0.2, 0) is 21.8 Å². The van der Waals surface area contributed by atoms with Gasteiger partial charge < -0.3 is 9.30 Å². The van der Waals surface area contributed by atoms with Crippen molar-refractivity contribution in [2.24, 2.45) is 12.2 Å². The number of sulfonamides is 1. The van der Waals surface area contributed by atoms with Crippen LogP contribution in [0, 0.1) is 5.82 Å². The molecule has 1 heterocycles. The number of nitrogens with zero attached hydrogens (tertiary/aromatic N) is 1. The normalized spacial score (nSPS) is 13.7. The Morgan fingerprint density at radius 2 is 1.76 bits per heavy atom. The lowest BCUT2D eigenvalue weighted by Gasteiger charge is -2.29. The van der Waals surface area contributed by atoms with E-state index in [2.05, 4.69) is 0 Å². The number of nitrogens with two attached hydrogens (primary N) is 1. The largest absolute Gasteiger partial charge is 0.496 e. The molecule has 1 atom stereocenters. The number of hydrogen-bond donors (Lipinski definition) is 1. The summed E-state index contributed by atoms with van der Waals surface area (Å²) in [6, 6.07) is 15.2. The highest BCUT2D eigenvalue weighted by Gasteiger charge is 2.43. The average Bonchev–Trinajstić information content (AvgIpc) is 3.08. The Morgan fingerprint density at radius 1 is 1.10 bits per heavy atom. The second-order valence-corrected chi connectivity index (χ2v) is 8.69. The quantitative estimate of drug-likeness (QED) is 0.626. The summed E-state index contributed by atoms with van der Waals surface area (Å²) in [6.45, 7) is 1.50. The van der Waals surface area contributed by atoms with Gasteiger partial charge in [0.25, 0.3) is 0 Å². The van der Waals surface area contributed by atoms with E-state index in [1.165, 1.54) is 30.7 Å². The molecule has 0 bridgehead atoms. The number of rotatable bonds is 6. The molecule has 3 rings (SSSR count). The van der Waals surface area contributed by atoms with E-state index >= 15 is 0 Å². The topological polar surface area (TPSA) is 91.4 Å². The van der Waals surface area contributed by atoms with Crippen molar-refractivity contribution in [3.05, 3.63) is 89.0 Å². The SMILES string of the molecule is COc1cc(F)ccc1C(=O)c1ccc(C(C)(c2ccccc2)S(N)(=O)=O)n1C. The van der Waals surface area contributed by atoms with Gasteiger partial charge in [-0.15, -0.1) is 0 Å². The van der Waals surface area contributed by atoms with E-state index in [1.54, 1.807) is 43.4 Å². The minimum atomic E-state index is -4.09. The molecule has 0 spiro atoms. The Balaban J connectivity index is 2.17. The molecule has 1 unspecified atom stereocenters. The van der Waals surface area contributed by atoms with E-state index in [1.807, 2.05) is 0 Å². The second-order valence-electron chi connectivity index (χ2n) is 6.78. The van der Waals surface area contributed by atoms with Crippen molar-refractivity contribution in [3.63, 3.8) is 0 Å². The maximum atomic E-state index is 13.5. The Bertz CT molecular complexity index is 1170. The summed E-state index contributed by atoms with van der Waals surface area (Å²) in [4.78, 5) is 13.1. The number of primary sulfonamides is 1. The third-order valence-corrected chi connectivity index (χ3v) is 6.73. The Hall–Kier alpha value is -2.97. The predicted molar refractivity (Wildman–Crippen MR) is 108 cm³/mol. The number of methoxy groups -OCH3 is 1. The molecule has 152 valence electrons. The van der Waals surface area contributed by atoms with Crippen LogP contribution in [0.1, 0.15) is 34.2 Å². The fourth-order valence-electron chi connectivity index (χ4n) is 3.42. The molecular weight excluding hydrogens is 395 g/mol. The van der Waals surface area contributed by atoms with Gasteiger partial charge in [0.05, 0.1) is 18.4 Å². The van der Waals surface area contributed by atoms with E-state index in [-0.39, 0.29) is 17.0 Å². The predicted octanol–water partition coefficient (Wildman–Crippen LogP) is 2.96. The van der Waals surface area contributed by atoms with E-state index in [0.717, 1.165) is 12.1 Å². The molecule has 29 heavy (non-hydrogen) atoms. The summed E-state index contributed by atoms with van der Waals surface area (Å²) in [5.41, 5.74) is 1.19. The van der Waals surface area contributed by atoms with Crippen LogP contribution in [-0.4, -0.2) is 25.9 Å². The zero-order valence-electron chi connectivity index (χ0n) is 16.2. The zero-order chi connectivity index (χ0) is 21.4. The molecule has 0 aliphatic heterocycles. The van der Waals surface area contributed by atoms with Crippen molar-refractivity contribution in [1.82, 2.24) is 4.57 Å². The molecule has 2 N–H and O–H groups in total. The number of ether oxygens (including phenoxy) is 1. The number of carbonyl (C=O) groups is 1. The van der Waals surface area contributed by atoms with Crippen LogP contribution in [0.2, 0.25) is 0 Å². The lowest BCUT2D eigenvalue weighted by atomic mass is 9.96. The molecule has 0 aliphatic rings. The van der Waals surface area contributed by atoms with Crippen molar-refractivity contribution >= 4 is 15.8 Å². The Kier molecular flexibility index (Phi) is 5.34. The fourth-order valence-corrected chi connectivity index (χ4v) is 4.38. The average molecular weight is 416 g/mol. The van der Waals surface area contributed by atoms with Crippen LogP contribution in [0.25, 0.3) is 0 Å². The maximum Gasteiger partial charge on any atom is 0.224 e. The summed E-state index contributed by atoms with van der Waals surface area (Å²) in [5.74, 6) is -0.868. The lowest BCUT2D eigenvalue weighted by molar-refractivity contribution is 0.102. The molecule has 0 radical (unpaired) electrons. The van der Waals surface area contributed by atoms with Crippen molar-refractivity contribution in [2.75, 3.05) is 7.11 Å². The van der Waals surface area contributed by atoms with E-state index in [9.17, 15) is 17.6 Å². The maximum absolute atomic E-state index is 13.5. The van der Waals surface area contributed by atoms with Crippen LogP contribution < -0.4 is 9.88 Å². The number of hydrogen-bond acceptors (Lipinski definition) is 4. The highest BCUT2D eigenvalue weighted by Crippen LogP contribution is 2.37. The summed E-state index contributed by atoms with van der Waals surface area (Å²) >= 11 is 0. The number of halogens is 1. The van der Waals surface area contributed by atoms with Crippen LogP contribution in [0.15, 0.2) is 60.7 Å². The lowest BCUT2D eigenvalue weighted by Crippen LogP contribution is -2.40. The molecule has 0 fully saturated rings. The molecule has 6 nitrogen and oxygen atoms in total. The van der Waals surface area contributed by atoms with E-state index in [4.69, 9.17) is 9.88 Å².